The van der Waals surface area contributed by atoms with Gasteiger partial charge in [0.05, 0.1) is 19.8 Å². The van der Waals surface area contributed by atoms with Crippen LogP contribution in [0.5, 0.6) is 11.5 Å². The van der Waals surface area contributed by atoms with Crippen molar-refractivity contribution in [2.75, 3.05) is 26.1 Å². The maximum Gasteiger partial charge on any atom is 0.416 e. The number of anilines is 1. The molecule has 0 aromatic heterocycles. The van der Waals surface area contributed by atoms with E-state index in [0.29, 0.717) is 24.5 Å². The molecule has 130 valence electrons. The van der Waals surface area contributed by atoms with Gasteiger partial charge in [-0.3, -0.25) is 0 Å². The zero-order valence-corrected chi connectivity index (χ0v) is 13.6. The second-order valence-electron chi connectivity index (χ2n) is 5.29. The van der Waals surface area contributed by atoms with Gasteiger partial charge in [0.25, 0.3) is 0 Å². The van der Waals surface area contributed by atoms with Gasteiger partial charge in [-0.1, -0.05) is 12.1 Å². The van der Waals surface area contributed by atoms with E-state index in [0.717, 1.165) is 29.8 Å². The molecule has 2 rings (SSSR count). The van der Waals surface area contributed by atoms with E-state index in [4.69, 9.17) is 9.47 Å². The van der Waals surface area contributed by atoms with E-state index in [2.05, 4.69) is 5.32 Å². The van der Waals surface area contributed by atoms with Gasteiger partial charge >= 0.3 is 6.18 Å². The molecule has 0 unspecified atom stereocenters. The van der Waals surface area contributed by atoms with E-state index in [1.54, 1.807) is 14.2 Å². The second-order valence-corrected chi connectivity index (χ2v) is 5.29. The molecule has 0 fully saturated rings. The summed E-state index contributed by atoms with van der Waals surface area (Å²) in [5, 5.41) is 3.26. The first-order valence-electron chi connectivity index (χ1n) is 7.56. The summed E-state index contributed by atoms with van der Waals surface area (Å²) >= 11 is 0. The second kappa shape index (κ2) is 7.95. The first-order chi connectivity index (χ1) is 11.4. The highest BCUT2D eigenvalue weighted by Crippen LogP contribution is 2.30. The standard InChI is InChI=1S/C18H20F3NO2/c1-23-16-10-9-15(12-17(16)24-2)22-11-3-4-13-5-7-14(8-6-13)18(19,20)21/h5-10,12,22H,3-4,11H2,1-2H3. The van der Waals surface area contributed by atoms with Gasteiger partial charge in [-0.2, -0.15) is 13.2 Å². The number of methoxy groups -OCH3 is 2. The minimum atomic E-state index is -4.28. The van der Waals surface area contributed by atoms with Crippen molar-refractivity contribution in [3.05, 3.63) is 53.6 Å². The summed E-state index contributed by atoms with van der Waals surface area (Å²) in [5.74, 6) is 1.30. The molecular weight excluding hydrogens is 319 g/mol. The summed E-state index contributed by atoms with van der Waals surface area (Å²) in [6.45, 7) is 0.705. The number of halogens is 3. The molecule has 0 aliphatic rings. The van der Waals surface area contributed by atoms with E-state index >= 15 is 0 Å². The van der Waals surface area contributed by atoms with Crippen LogP contribution in [0.2, 0.25) is 0 Å². The Morgan fingerprint density at radius 2 is 1.58 bits per heavy atom. The predicted octanol–water partition coefficient (Wildman–Crippen LogP) is 4.77. The third-order valence-corrected chi connectivity index (χ3v) is 3.64. The molecule has 0 aliphatic heterocycles. The molecule has 0 aliphatic carbocycles. The zero-order chi connectivity index (χ0) is 17.6. The number of hydrogen-bond acceptors (Lipinski definition) is 3. The van der Waals surface area contributed by atoms with Crippen LogP contribution >= 0.6 is 0 Å². The van der Waals surface area contributed by atoms with Crippen LogP contribution in [0.3, 0.4) is 0 Å². The van der Waals surface area contributed by atoms with Crippen molar-refractivity contribution in [3.63, 3.8) is 0 Å². The predicted molar refractivity (Wildman–Crippen MR) is 87.8 cm³/mol. The van der Waals surface area contributed by atoms with Gasteiger partial charge in [0.15, 0.2) is 11.5 Å². The van der Waals surface area contributed by atoms with Crippen molar-refractivity contribution in [2.24, 2.45) is 0 Å². The van der Waals surface area contributed by atoms with Crippen molar-refractivity contribution in [1.29, 1.82) is 0 Å². The molecule has 6 heteroatoms. The van der Waals surface area contributed by atoms with Crippen molar-refractivity contribution >= 4 is 5.69 Å². The summed E-state index contributed by atoms with van der Waals surface area (Å²) in [6, 6.07) is 10.8. The zero-order valence-electron chi connectivity index (χ0n) is 13.6. The van der Waals surface area contributed by atoms with E-state index in [-0.39, 0.29) is 0 Å². The lowest BCUT2D eigenvalue weighted by molar-refractivity contribution is -0.137. The number of nitrogens with one attached hydrogen (secondary N) is 1. The average molecular weight is 339 g/mol. The van der Waals surface area contributed by atoms with Gasteiger partial charge in [-0.25, -0.2) is 0 Å². The molecule has 0 heterocycles. The maximum atomic E-state index is 12.5. The van der Waals surface area contributed by atoms with Crippen LogP contribution in [-0.2, 0) is 12.6 Å². The Labute approximate surface area is 139 Å². The minimum absolute atomic E-state index is 0.616. The van der Waals surface area contributed by atoms with E-state index in [1.807, 2.05) is 18.2 Å². The van der Waals surface area contributed by atoms with E-state index in [1.165, 1.54) is 12.1 Å². The highest BCUT2D eigenvalue weighted by Gasteiger charge is 2.29. The summed E-state index contributed by atoms with van der Waals surface area (Å²) in [5.41, 5.74) is 1.17. The average Bonchev–Trinajstić information content (AvgIpc) is 2.58. The number of alkyl halides is 3. The molecule has 0 radical (unpaired) electrons. The van der Waals surface area contributed by atoms with E-state index in [9.17, 15) is 13.2 Å². The lowest BCUT2D eigenvalue weighted by Gasteiger charge is -2.11. The summed E-state index contributed by atoms with van der Waals surface area (Å²) in [4.78, 5) is 0. The third kappa shape index (κ3) is 4.81. The van der Waals surface area contributed by atoms with Crippen molar-refractivity contribution < 1.29 is 22.6 Å². The monoisotopic (exact) mass is 339 g/mol. The van der Waals surface area contributed by atoms with Crippen molar-refractivity contribution in [2.45, 2.75) is 19.0 Å². The molecular formula is C18H20F3NO2. The normalized spacial score (nSPS) is 11.2. The van der Waals surface area contributed by atoms with Crippen LogP contribution in [0.4, 0.5) is 18.9 Å². The maximum absolute atomic E-state index is 12.5. The van der Waals surface area contributed by atoms with Gasteiger partial charge in [0.2, 0.25) is 0 Å². The quantitative estimate of drug-likeness (QED) is 0.737. The molecule has 24 heavy (non-hydrogen) atoms. The number of benzene rings is 2. The van der Waals surface area contributed by atoms with Crippen LogP contribution in [-0.4, -0.2) is 20.8 Å². The highest BCUT2D eigenvalue weighted by atomic mass is 19.4. The van der Waals surface area contributed by atoms with Gasteiger partial charge < -0.3 is 14.8 Å². The Morgan fingerprint density at radius 3 is 2.17 bits per heavy atom. The highest BCUT2D eigenvalue weighted by molar-refractivity contribution is 5.54. The molecule has 0 spiro atoms. The van der Waals surface area contributed by atoms with Gasteiger partial charge in [0, 0.05) is 18.3 Å². The minimum Gasteiger partial charge on any atom is -0.493 e. The van der Waals surface area contributed by atoms with Gasteiger partial charge in [-0.05, 0) is 42.7 Å². The Bertz CT molecular complexity index is 654. The summed E-state index contributed by atoms with van der Waals surface area (Å²) in [7, 11) is 3.15. The largest absolute Gasteiger partial charge is 0.493 e. The molecule has 2 aromatic rings. The lowest BCUT2D eigenvalue weighted by atomic mass is 10.1. The van der Waals surface area contributed by atoms with Crippen LogP contribution in [0.15, 0.2) is 42.5 Å². The number of rotatable bonds is 7. The van der Waals surface area contributed by atoms with Crippen molar-refractivity contribution in [1.82, 2.24) is 0 Å². The van der Waals surface area contributed by atoms with Crippen LogP contribution in [0.25, 0.3) is 0 Å². The third-order valence-electron chi connectivity index (χ3n) is 3.64. The first-order valence-corrected chi connectivity index (χ1v) is 7.56. The molecule has 3 nitrogen and oxygen atoms in total. The Morgan fingerprint density at radius 1 is 0.917 bits per heavy atom. The number of aryl methyl sites for hydroxylation is 1. The number of hydrogen-bond donors (Lipinski definition) is 1. The molecule has 0 atom stereocenters. The fourth-order valence-corrected chi connectivity index (χ4v) is 2.33. The van der Waals surface area contributed by atoms with Crippen LogP contribution in [0.1, 0.15) is 17.5 Å². The summed E-state index contributed by atoms with van der Waals surface area (Å²) < 4.78 is 47.9. The van der Waals surface area contributed by atoms with Crippen molar-refractivity contribution in [3.8, 4) is 11.5 Å². The number of ether oxygens (including phenoxy) is 2. The molecule has 0 saturated carbocycles. The first kappa shape index (κ1) is 18.0. The Kier molecular flexibility index (Phi) is 5.95. The molecule has 0 amide bonds. The molecule has 1 N–H and O–H groups in total. The lowest BCUT2D eigenvalue weighted by Crippen LogP contribution is -2.05. The van der Waals surface area contributed by atoms with Gasteiger partial charge in [-0.15, -0.1) is 0 Å². The topological polar surface area (TPSA) is 30.5 Å². The molecule has 2 aromatic carbocycles. The Hall–Kier alpha value is -2.37. The van der Waals surface area contributed by atoms with E-state index < -0.39 is 11.7 Å². The van der Waals surface area contributed by atoms with Crippen LogP contribution < -0.4 is 14.8 Å². The summed E-state index contributed by atoms with van der Waals surface area (Å²) in [6.07, 6.45) is -2.77. The van der Waals surface area contributed by atoms with Crippen LogP contribution in [0, 0.1) is 0 Å². The van der Waals surface area contributed by atoms with Gasteiger partial charge in [0.1, 0.15) is 0 Å². The SMILES string of the molecule is COc1ccc(NCCCc2ccc(C(F)(F)F)cc2)cc1OC. The Balaban J connectivity index is 1.83. The fourth-order valence-electron chi connectivity index (χ4n) is 2.33. The molecule has 0 saturated heterocycles. The fraction of sp³-hybridized carbons (Fsp3) is 0.333. The smallest absolute Gasteiger partial charge is 0.416 e. The molecule has 0 bridgehead atoms.